The minimum Gasteiger partial charge on any atom is -0.444 e. The highest BCUT2D eigenvalue weighted by Crippen LogP contribution is 2.21. The Balaban J connectivity index is 1.68. The Kier molecular flexibility index (Phi) is 5.47. The fourth-order valence-electron chi connectivity index (χ4n) is 3.33. The highest BCUT2D eigenvalue weighted by atomic mass is 16.6. The first-order valence-corrected chi connectivity index (χ1v) is 9.35. The Morgan fingerprint density at radius 2 is 1.92 bits per heavy atom. The van der Waals surface area contributed by atoms with Gasteiger partial charge in [-0.15, -0.1) is 0 Å². The molecule has 0 radical (unpaired) electrons. The number of aromatic nitrogens is 1. The summed E-state index contributed by atoms with van der Waals surface area (Å²) < 4.78 is 5.52. The van der Waals surface area contributed by atoms with Gasteiger partial charge < -0.3 is 19.9 Å². The van der Waals surface area contributed by atoms with E-state index in [1.807, 2.05) is 25.7 Å². The third kappa shape index (κ3) is 4.84. The average molecular weight is 346 g/mol. The number of carbonyl (C=O) groups is 1. The van der Waals surface area contributed by atoms with Gasteiger partial charge in [-0.1, -0.05) is 6.07 Å². The average Bonchev–Trinajstić information content (AvgIpc) is 2.93. The lowest BCUT2D eigenvalue weighted by Gasteiger charge is -2.26. The number of nitrogens with zero attached hydrogens (tertiary/aromatic N) is 3. The molecule has 0 saturated carbocycles. The molecular formula is C19H30N4O2. The van der Waals surface area contributed by atoms with Crippen LogP contribution in [0.5, 0.6) is 0 Å². The SMILES string of the molecule is CC(C)(C)OC(=O)N1CCc2ccc(N3CCCNCC3)nc2CC1. The van der Waals surface area contributed by atoms with E-state index in [1.54, 1.807) is 0 Å². The predicted octanol–water partition coefficient (Wildman–Crippen LogP) is 2.22. The smallest absolute Gasteiger partial charge is 0.410 e. The van der Waals surface area contributed by atoms with E-state index >= 15 is 0 Å². The van der Waals surface area contributed by atoms with Crippen molar-refractivity contribution in [2.45, 2.75) is 45.6 Å². The van der Waals surface area contributed by atoms with Crippen molar-refractivity contribution in [2.75, 3.05) is 44.2 Å². The van der Waals surface area contributed by atoms with Crippen molar-refractivity contribution in [1.82, 2.24) is 15.2 Å². The number of ether oxygens (including phenoxy) is 1. The Labute approximate surface area is 150 Å². The summed E-state index contributed by atoms with van der Waals surface area (Å²) in [6.07, 6.45) is 2.54. The molecule has 0 bridgehead atoms. The second-order valence-corrected chi connectivity index (χ2v) is 7.83. The third-order valence-corrected chi connectivity index (χ3v) is 4.64. The fraction of sp³-hybridized carbons (Fsp3) is 0.684. The van der Waals surface area contributed by atoms with Gasteiger partial charge in [-0.2, -0.15) is 0 Å². The lowest BCUT2D eigenvalue weighted by Crippen LogP contribution is -2.38. The van der Waals surface area contributed by atoms with Crippen molar-refractivity contribution in [1.29, 1.82) is 0 Å². The van der Waals surface area contributed by atoms with Crippen LogP contribution in [0.15, 0.2) is 12.1 Å². The van der Waals surface area contributed by atoms with E-state index in [9.17, 15) is 4.79 Å². The standard InChI is InChI=1S/C19H30N4O2/c1-19(2,3)25-18(24)23-12-7-15-5-6-17(21-16(15)8-13-23)22-11-4-9-20-10-14-22/h5-6,20H,4,7-14H2,1-3H3. The van der Waals surface area contributed by atoms with Gasteiger partial charge in [-0.3, -0.25) is 0 Å². The molecule has 1 saturated heterocycles. The molecule has 6 nitrogen and oxygen atoms in total. The van der Waals surface area contributed by atoms with Crippen molar-refractivity contribution in [3.8, 4) is 0 Å². The molecule has 0 aromatic carbocycles. The minimum atomic E-state index is -0.456. The molecule has 138 valence electrons. The van der Waals surface area contributed by atoms with Crippen molar-refractivity contribution >= 4 is 11.9 Å². The van der Waals surface area contributed by atoms with Gasteiger partial charge >= 0.3 is 6.09 Å². The molecule has 2 aliphatic heterocycles. The van der Waals surface area contributed by atoms with E-state index in [1.165, 1.54) is 5.56 Å². The zero-order valence-electron chi connectivity index (χ0n) is 15.7. The molecule has 1 aromatic heterocycles. The minimum absolute atomic E-state index is 0.223. The number of nitrogens with one attached hydrogen (secondary N) is 1. The summed E-state index contributed by atoms with van der Waals surface area (Å²) in [6.45, 7) is 11.2. The second kappa shape index (κ2) is 7.60. The Morgan fingerprint density at radius 3 is 2.72 bits per heavy atom. The van der Waals surface area contributed by atoms with Crippen LogP contribution in [-0.2, 0) is 17.6 Å². The summed E-state index contributed by atoms with van der Waals surface area (Å²) in [5.41, 5.74) is 1.92. The summed E-state index contributed by atoms with van der Waals surface area (Å²) in [5.74, 6) is 1.06. The monoisotopic (exact) mass is 346 g/mol. The van der Waals surface area contributed by atoms with Crippen LogP contribution in [0.25, 0.3) is 0 Å². The van der Waals surface area contributed by atoms with Gasteiger partial charge in [0.15, 0.2) is 0 Å². The van der Waals surface area contributed by atoms with Crippen molar-refractivity contribution in [3.63, 3.8) is 0 Å². The first-order chi connectivity index (χ1) is 11.9. The van der Waals surface area contributed by atoms with Crippen LogP contribution in [-0.4, -0.2) is 60.8 Å². The van der Waals surface area contributed by atoms with E-state index < -0.39 is 5.60 Å². The van der Waals surface area contributed by atoms with Crippen LogP contribution in [0.4, 0.5) is 10.6 Å². The number of anilines is 1. The summed E-state index contributed by atoms with van der Waals surface area (Å²) in [6, 6.07) is 4.32. The number of fused-ring (bicyclic) bond motifs is 1. The summed E-state index contributed by atoms with van der Waals surface area (Å²) in [5, 5.41) is 3.43. The van der Waals surface area contributed by atoms with E-state index in [4.69, 9.17) is 9.72 Å². The van der Waals surface area contributed by atoms with Gasteiger partial charge in [-0.25, -0.2) is 9.78 Å². The number of carbonyl (C=O) groups excluding carboxylic acids is 1. The third-order valence-electron chi connectivity index (χ3n) is 4.64. The lowest BCUT2D eigenvalue weighted by atomic mass is 10.1. The molecule has 3 rings (SSSR count). The van der Waals surface area contributed by atoms with Crippen LogP contribution in [0.3, 0.4) is 0 Å². The topological polar surface area (TPSA) is 57.7 Å². The first kappa shape index (κ1) is 18.0. The first-order valence-electron chi connectivity index (χ1n) is 9.35. The van der Waals surface area contributed by atoms with Crippen LogP contribution in [0.2, 0.25) is 0 Å². The van der Waals surface area contributed by atoms with Crippen LogP contribution >= 0.6 is 0 Å². The molecule has 1 amide bonds. The molecule has 0 spiro atoms. The fourth-order valence-corrected chi connectivity index (χ4v) is 3.33. The second-order valence-electron chi connectivity index (χ2n) is 7.83. The van der Waals surface area contributed by atoms with Gasteiger partial charge in [0.05, 0.1) is 0 Å². The molecule has 1 aromatic rings. The molecule has 25 heavy (non-hydrogen) atoms. The van der Waals surface area contributed by atoms with E-state index in [0.29, 0.717) is 13.1 Å². The number of hydrogen-bond donors (Lipinski definition) is 1. The molecule has 1 N–H and O–H groups in total. The van der Waals surface area contributed by atoms with Crippen LogP contribution in [0, 0.1) is 0 Å². The summed E-state index contributed by atoms with van der Waals surface area (Å²) >= 11 is 0. The maximum absolute atomic E-state index is 12.3. The summed E-state index contributed by atoms with van der Waals surface area (Å²) in [7, 11) is 0. The van der Waals surface area contributed by atoms with Gasteiger partial charge in [0, 0.05) is 44.8 Å². The molecule has 2 aliphatic rings. The molecule has 6 heteroatoms. The van der Waals surface area contributed by atoms with Crippen molar-refractivity contribution in [3.05, 3.63) is 23.4 Å². The van der Waals surface area contributed by atoms with Crippen LogP contribution in [0.1, 0.15) is 38.4 Å². The molecule has 3 heterocycles. The lowest BCUT2D eigenvalue weighted by molar-refractivity contribution is 0.0258. The van der Waals surface area contributed by atoms with E-state index in [2.05, 4.69) is 22.3 Å². The number of pyridine rings is 1. The van der Waals surface area contributed by atoms with E-state index in [-0.39, 0.29) is 6.09 Å². The van der Waals surface area contributed by atoms with Crippen molar-refractivity contribution in [2.24, 2.45) is 0 Å². The molecule has 0 aliphatic carbocycles. The Bertz CT molecular complexity index is 604. The normalized spacial score (nSPS) is 19.0. The molecular weight excluding hydrogens is 316 g/mol. The van der Waals surface area contributed by atoms with Gasteiger partial charge in [0.1, 0.15) is 11.4 Å². The Hall–Kier alpha value is -1.82. The van der Waals surface area contributed by atoms with E-state index in [0.717, 1.165) is 57.0 Å². The molecule has 0 unspecified atom stereocenters. The Morgan fingerprint density at radius 1 is 1.12 bits per heavy atom. The largest absolute Gasteiger partial charge is 0.444 e. The zero-order valence-corrected chi connectivity index (χ0v) is 15.7. The maximum Gasteiger partial charge on any atom is 0.410 e. The predicted molar refractivity (Wildman–Crippen MR) is 99.2 cm³/mol. The highest BCUT2D eigenvalue weighted by Gasteiger charge is 2.25. The highest BCUT2D eigenvalue weighted by molar-refractivity contribution is 5.68. The summed E-state index contributed by atoms with van der Waals surface area (Å²) in [4.78, 5) is 21.4. The maximum atomic E-state index is 12.3. The van der Waals surface area contributed by atoms with Gasteiger partial charge in [0.2, 0.25) is 0 Å². The van der Waals surface area contributed by atoms with Crippen molar-refractivity contribution < 1.29 is 9.53 Å². The zero-order chi connectivity index (χ0) is 17.9. The molecule has 1 fully saturated rings. The molecule has 0 atom stereocenters. The van der Waals surface area contributed by atoms with Crippen LogP contribution < -0.4 is 10.2 Å². The number of amides is 1. The van der Waals surface area contributed by atoms with Gasteiger partial charge in [0.25, 0.3) is 0 Å². The van der Waals surface area contributed by atoms with Gasteiger partial charge in [-0.05, 0) is 51.8 Å². The number of rotatable bonds is 1. The quantitative estimate of drug-likeness (QED) is 0.845. The number of hydrogen-bond acceptors (Lipinski definition) is 5.